The highest BCUT2D eigenvalue weighted by Crippen LogP contribution is 2.27. The number of carbonyl (C=O) groups is 1. The molecule has 146 valence electrons. The number of nitrogens with one attached hydrogen (secondary N) is 1. The highest BCUT2D eigenvalue weighted by molar-refractivity contribution is 6.30. The van der Waals surface area contributed by atoms with Gasteiger partial charge in [0.25, 0.3) is 0 Å². The Bertz CT molecular complexity index is 725. The first-order valence-corrected chi connectivity index (χ1v) is 9.27. The highest BCUT2D eigenvalue weighted by atomic mass is 35.5. The van der Waals surface area contributed by atoms with Crippen LogP contribution in [-0.2, 0) is 11.3 Å². The Morgan fingerprint density at radius 3 is 2.70 bits per heavy atom. The van der Waals surface area contributed by atoms with Crippen LogP contribution in [0, 0.1) is 0 Å². The van der Waals surface area contributed by atoms with Gasteiger partial charge in [0.05, 0.1) is 25.0 Å². The maximum absolute atomic E-state index is 12.8. The van der Waals surface area contributed by atoms with Crippen molar-refractivity contribution in [1.29, 1.82) is 0 Å². The van der Waals surface area contributed by atoms with Gasteiger partial charge in [-0.1, -0.05) is 17.7 Å². The number of likely N-dealkylation sites (N-methyl/N-ethyl adjacent to an activating group) is 1. The average molecular weight is 391 g/mol. The summed E-state index contributed by atoms with van der Waals surface area (Å²) in [5, 5.41) is 3.85. The number of rotatable bonds is 10. The zero-order valence-corrected chi connectivity index (χ0v) is 16.9. The van der Waals surface area contributed by atoms with E-state index in [4.69, 9.17) is 16.3 Å². The Morgan fingerprint density at radius 2 is 2.04 bits per heavy atom. The van der Waals surface area contributed by atoms with Crippen molar-refractivity contribution in [3.63, 3.8) is 0 Å². The van der Waals surface area contributed by atoms with E-state index in [2.05, 4.69) is 15.2 Å². The lowest BCUT2D eigenvalue weighted by atomic mass is 10.2. The van der Waals surface area contributed by atoms with Crippen LogP contribution in [0.5, 0.6) is 5.75 Å². The van der Waals surface area contributed by atoms with Crippen molar-refractivity contribution in [3.05, 3.63) is 53.3 Å². The smallest absolute Gasteiger partial charge is 0.224 e. The Hall–Kier alpha value is -2.31. The molecule has 2 rings (SSSR count). The summed E-state index contributed by atoms with van der Waals surface area (Å²) in [6.07, 6.45) is 2.12. The van der Waals surface area contributed by atoms with Gasteiger partial charge in [0.15, 0.2) is 0 Å². The predicted molar refractivity (Wildman–Crippen MR) is 109 cm³/mol. The lowest BCUT2D eigenvalue weighted by Crippen LogP contribution is -2.37. The third-order valence-corrected chi connectivity index (χ3v) is 4.30. The van der Waals surface area contributed by atoms with Gasteiger partial charge in [0.2, 0.25) is 5.91 Å². The van der Waals surface area contributed by atoms with Crippen LogP contribution < -0.4 is 10.1 Å². The molecule has 1 aromatic heterocycles. The first-order valence-electron chi connectivity index (χ1n) is 8.89. The van der Waals surface area contributed by atoms with Crippen molar-refractivity contribution in [2.75, 3.05) is 46.2 Å². The number of methoxy groups -OCH3 is 1. The topological polar surface area (TPSA) is 57.7 Å². The second kappa shape index (κ2) is 10.7. The number of anilines is 1. The number of ether oxygens (including phenoxy) is 1. The van der Waals surface area contributed by atoms with Crippen molar-refractivity contribution in [2.24, 2.45) is 0 Å². The van der Waals surface area contributed by atoms with Crippen LogP contribution in [0.3, 0.4) is 0 Å². The molecule has 0 spiro atoms. The molecule has 6 nitrogen and oxygen atoms in total. The molecular weight excluding hydrogens is 364 g/mol. The van der Waals surface area contributed by atoms with Gasteiger partial charge in [-0.15, -0.1) is 0 Å². The molecule has 27 heavy (non-hydrogen) atoms. The molecule has 0 radical (unpaired) electrons. The number of benzene rings is 1. The monoisotopic (exact) mass is 390 g/mol. The number of amides is 1. The molecule has 1 heterocycles. The van der Waals surface area contributed by atoms with Gasteiger partial charge in [0, 0.05) is 37.3 Å². The fourth-order valence-corrected chi connectivity index (χ4v) is 2.75. The van der Waals surface area contributed by atoms with Crippen molar-refractivity contribution in [3.8, 4) is 5.75 Å². The van der Waals surface area contributed by atoms with E-state index in [1.807, 2.05) is 37.2 Å². The van der Waals surface area contributed by atoms with Gasteiger partial charge >= 0.3 is 0 Å². The minimum Gasteiger partial charge on any atom is -0.495 e. The van der Waals surface area contributed by atoms with Crippen LogP contribution in [0.4, 0.5) is 5.69 Å². The average Bonchev–Trinajstić information content (AvgIpc) is 2.66. The third kappa shape index (κ3) is 7.07. The largest absolute Gasteiger partial charge is 0.495 e. The van der Waals surface area contributed by atoms with Crippen molar-refractivity contribution in [2.45, 2.75) is 13.0 Å². The van der Waals surface area contributed by atoms with Crippen molar-refractivity contribution in [1.82, 2.24) is 14.8 Å². The van der Waals surface area contributed by atoms with Gasteiger partial charge in [-0.25, -0.2) is 0 Å². The molecule has 0 bridgehead atoms. The maximum Gasteiger partial charge on any atom is 0.224 e. The zero-order valence-electron chi connectivity index (χ0n) is 16.1. The summed E-state index contributed by atoms with van der Waals surface area (Å²) in [5.41, 5.74) is 1.66. The van der Waals surface area contributed by atoms with Crippen LogP contribution in [0.2, 0.25) is 5.02 Å². The summed E-state index contributed by atoms with van der Waals surface area (Å²) in [7, 11) is 5.60. The van der Waals surface area contributed by atoms with Crippen molar-refractivity contribution >= 4 is 23.2 Å². The molecular formula is C20H27ClN4O2. The second-order valence-corrected chi connectivity index (χ2v) is 6.90. The van der Waals surface area contributed by atoms with Crippen molar-refractivity contribution < 1.29 is 9.53 Å². The van der Waals surface area contributed by atoms with E-state index in [1.54, 1.807) is 31.5 Å². The fourth-order valence-electron chi connectivity index (χ4n) is 2.58. The molecule has 0 atom stereocenters. The predicted octanol–water partition coefficient (Wildman–Crippen LogP) is 3.14. The number of nitrogens with zero attached hydrogens (tertiary/aromatic N) is 3. The summed E-state index contributed by atoms with van der Waals surface area (Å²) in [6, 6.07) is 11.1. The first kappa shape index (κ1) is 21.0. The molecule has 0 saturated heterocycles. The summed E-state index contributed by atoms with van der Waals surface area (Å²) in [4.78, 5) is 21.0. The number of pyridine rings is 1. The SMILES string of the molecule is COc1ccc(Cl)cc1NCCC(=O)N(CCN(C)C)Cc1ccccn1. The van der Waals surface area contributed by atoms with Crippen LogP contribution in [0.15, 0.2) is 42.6 Å². The molecule has 1 amide bonds. The number of aromatic nitrogens is 1. The molecule has 0 saturated carbocycles. The molecule has 0 aliphatic rings. The van der Waals surface area contributed by atoms with Crippen LogP contribution in [0.25, 0.3) is 0 Å². The van der Waals surface area contributed by atoms with Gasteiger partial charge in [-0.05, 0) is 44.4 Å². The minimum atomic E-state index is 0.0796. The summed E-state index contributed by atoms with van der Waals surface area (Å²) < 4.78 is 5.32. The molecule has 0 unspecified atom stereocenters. The number of halogens is 1. The van der Waals surface area contributed by atoms with Gasteiger partial charge in [0.1, 0.15) is 5.75 Å². The third-order valence-electron chi connectivity index (χ3n) is 4.06. The van der Waals surface area contributed by atoms with Crippen LogP contribution >= 0.6 is 11.6 Å². The molecule has 0 fully saturated rings. The lowest BCUT2D eigenvalue weighted by Gasteiger charge is -2.24. The van der Waals surface area contributed by atoms with Crippen LogP contribution in [-0.4, -0.2) is 61.5 Å². The van der Waals surface area contributed by atoms with Crippen LogP contribution in [0.1, 0.15) is 12.1 Å². The zero-order chi connectivity index (χ0) is 19.6. The van der Waals surface area contributed by atoms with Gasteiger partial charge in [-0.2, -0.15) is 0 Å². The van der Waals surface area contributed by atoms with E-state index >= 15 is 0 Å². The Morgan fingerprint density at radius 1 is 1.22 bits per heavy atom. The van der Waals surface area contributed by atoms with E-state index in [-0.39, 0.29) is 5.91 Å². The first-order chi connectivity index (χ1) is 13.0. The van der Waals surface area contributed by atoms with E-state index in [1.165, 1.54) is 0 Å². The molecule has 1 aromatic carbocycles. The van der Waals surface area contributed by atoms with E-state index in [0.717, 1.165) is 17.9 Å². The molecule has 1 N–H and O–H groups in total. The molecule has 0 aliphatic heterocycles. The number of hydrogen-bond donors (Lipinski definition) is 1. The number of carbonyl (C=O) groups excluding carboxylic acids is 1. The summed E-state index contributed by atoms with van der Waals surface area (Å²) in [5.74, 6) is 0.779. The fraction of sp³-hybridized carbons (Fsp3) is 0.400. The second-order valence-electron chi connectivity index (χ2n) is 6.46. The van der Waals surface area contributed by atoms with Gasteiger partial charge < -0.3 is 19.9 Å². The maximum atomic E-state index is 12.8. The van der Waals surface area contributed by atoms with Gasteiger partial charge in [-0.3, -0.25) is 9.78 Å². The summed E-state index contributed by atoms with van der Waals surface area (Å²) >= 11 is 6.04. The molecule has 2 aromatic rings. The van der Waals surface area contributed by atoms with E-state index in [9.17, 15) is 4.79 Å². The Labute approximate surface area is 166 Å². The molecule has 7 heteroatoms. The summed E-state index contributed by atoms with van der Waals surface area (Å²) in [6.45, 7) is 2.46. The standard InChI is InChI=1S/C20H27ClN4O2/c1-24(2)12-13-25(15-17-6-4-5-10-22-17)20(26)9-11-23-18-14-16(21)7-8-19(18)27-3/h4-8,10,14,23H,9,11-13,15H2,1-3H3. The Kier molecular flexibility index (Phi) is 8.36. The normalized spacial score (nSPS) is 10.7. The quantitative estimate of drug-likeness (QED) is 0.675. The lowest BCUT2D eigenvalue weighted by molar-refractivity contribution is -0.131. The minimum absolute atomic E-state index is 0.0796. The van der Waals surface area contributed by atoms with E-state index < -0.39 is 0 Å². The van der Waals surface area contributed by atoms with E-state index in [0.29, 0.717) is 36.8 Å². The molecule has 0 aliphatic carbocycles. The Balaban J connectivity index is 1.95. The number of hydrogen-bond acceptors (Lipinski definition) is 5. The highest BCUT2D eigenvalue weighted by Gasteiger charge is 2.15.